The molecule has 0 unspecified atom stereocenters. The first-order valence-corrected chi connectivity index (χ1v) is 10.3. The maximum absolute atomic E-state index is 13.6. The number of nitrogens with zero attached hydrogens (tertiary/aromatic N) is 3. The largest absolute Gasteiger partial charge is 0.454 e. The van der Waals surface area contributed by atoms with Crippen LogP contribution in [0.25, 0.3) is 0 Å². The third-order valence-electron chi connectivity index (χ3n) is 6.73. The molecule has 4 fully saturated rings. The second-order valence-corrected chi connectivity index (χ2v) is 10.3. The van der Waals surface area contributed by atoms with Crippen molar-refractivity contribution in [3.8, 4) is 17.6 Å². The molecule has 2 bridgehead atoms. The Kier molecular flexibility index (Phi) is 2.82. The summed E-state index contributed by atoms with van der Waals surface area (Å²) < 4.78 is 10.9. The Labute approximate surface area is 166 Å². The molecule has 7 nitrogen and oxygen atoms in total. The maximum atomic E-state index is 13.6. The van der Waals surface area contributed by atoms with Gasteiger partial charge in [0.25, 0.3) is 11.8 Å². The fourth-order valence-corrected chi connectivity index (χ4v) is 7.46. The Balaban J connectivity index is 1.51. The van der Waals surface area contributed by atoms with Crippen molar-refractivity contribution in [2.45, 2.75) is 54.9 Å². The van der Waals surface area contributed by atoms with E-state index in [-0.39, 0.29) is 24.6 Å². The van der Waals surface area contributed by atoms with Crippen LogP contribution in [-0.2, 0) is 9.59 Å². The summed E-state index contributed by atoms with van der Waals surface area (Å²) in [6, 6.07) is 7.62. The molecule has 0 N–H and O–H groups in total. The summed E-state index contributed by atoms with van der Waals surface area (Å²) in [6.07, 6.45) is 2.24. The molecule has 144 valence electrons. The summed E-state index contributed by atoms with van der Waals surface area (Å²) >= 11 is 1.43. The Morgan fingerprint density at radius 1 is 1.14 bits per heavy atom. The summed E-state index contributed by atoms with van der Waals surface area (Å²) in [6.45, 7) is 3.88. The van der Waals surface area contributed by atoms with E-state index in [9.17, 15) is 14.9 Å². The molecule has 8 heteroatoms. The van der Waals surface area contributed by atoms with Crippen molar-refractivity contribution in [3.63, 3.8) is 0 Å². The Morgan fingerprint density at radius 2 is 1.89 bits per heavy atom. The molecule has 0 radical (unpaired) electrons. The van der Waals surface area contributed by atoms with E-state index in [1.54, 1.807) is 9.80 Å². The van der Waals surface area contributed by atoms with Gasteiger partial charge in [-0.2, -0.15) is 5.26 Å². The van der Waals surface area contributed by atoms with Crippen LogP contribution < -0.4 is 9.47 Å². The summed E-state index contributed by atoms with van der Waals surface area (Å²) in [5.74, 6) is 1.19. The zero-order valence-corrected chi connectivity index (χ0v) is 16.4. The van der Waals surface area contributed by atoms with Gasteiger partial charge in [-0.3, -0.25) is 9.59 Å². The third-order valence-corrected chi connectivity index (χ3v) is 8.36. The molecular weight excluding hydrogens is 378 g/mol. The van der Waals surface area contributed by atoms with Gasteiger partial charge in [0.1, 0.15) is 0 Å². The van der Waals surface area contributed by atoms with E-state index in [0.29, 0.717) is 17.9 Å². The first-order chi connectivity index (χ1) is 13.3. The van der Waals surface area contributed by atoms with Crippen LogP contribution in [0.4, 0.5) is 0 Å². The van der Waals surface area contributed by atoms with E-state index in [1.165, 1.54) is 11.8 Å². The Bertz CT molecular complexity index is 1000. The minimum absolute atomic E-state index is 0.00758. The molecule has 1 saturated carbocycles. The molecule has 3 saturated heterocycles. The van der Waals surface area contributed by atoms with Crippen molar-refractivity contribution in [2.24, 2.45) is 5.41 Å². The van der Waals surface area contributed by atoms with Crippen LogP contribution in [0.1, 0.15) is 44.7 Å². The van der Waals surface area contributed by atoms with Crippen LogP contribution in [0, 0.1) is 16.7 Å². The van der Waals surface area contributed by atoms with Crippen molar-refractivity contribution in [3.05, 3.63) is 23.8 Å². The first-order valence-electron chi connectivity index (χ1n) is 9.53. The normalized spacial score (nSPS) is 40.2. The van der Waals surface area contributed by atoms with Gasteiger partial charge in [0.15, 0.2) is 21.2 Å². The molecule has 6 rings (SSSR count). The van der Waals surface area contributed by atoms with E-state index < -0.39 is 21.2 Å². The number of hydrogen-bond acceptors (Lipinski definition) is 6. The van der Waals surface area contributed by atoms with Gasteiger partial charge in [0, 0.05) is 12.5 Å². The highest BCUT2D eigenvalue weighted by molar-refractivity contribution is 8.04. The topological polar surface area (TPSA) is 82.9 Å². The van der Waals surface area contributed by atoms with Crippen LogP contribution in [0.3, 0.4) is 0 Å². The standard InChI is InChI=1S/C20H19N3O4S/c1-18(9-21)8-20-17(25)22(12-4-5-12)19(2,28-20)16(24)23(20)15(18)11-3-6-13-14(7-11)27-10-26-13/h3,6-7,12,15H,4-5,8,10H2,1-2H3/t15-,18+,19-,20-/m0/s1. The van der Waals surface area contributed by atoms with E-state index >= 15 is 0 Å². The Hall–Kier alpha value is -2.40. The number of amides is 2. The highest BCUT2D eigenvalue weighted by Gasteiger charge is 2.80. The van der Waals surface area contributed by atoms with Crippen molar-refractivity contribution >= 4 is 23.6 Å². The lowest BCUT2D eigenvalue weighted by atomic mass is 9.79. The van der Waals surface area contributed by atoms with Gasteiger partial charge in [0.05, 0.1) is 17.5 Å². The van der Waals surface area contributed by atoms with Crippen molar-refractivity contribution in [1.29, 1.82) is 5.26 Å². The monoisotopic (exact) mass is 397 g/mol. The quantitative estimate of drug-likeness (QED) is 0.762. The molecule has 1 aliphatic carbocycles. The van der Waals surface area contributed by atoms with Crippen molar-refractivity contribution in [2.75, 3.05) is 6.79 Å². The molecule has 0 aromatic heterocycles. The van der Waals surface area contributed by atoms with E-state index in [4.69, 9.17) is 9.47 Å². The van der Waals surface area contributed by atoms with Crippen LogP contribution in [0.2, 0.25) is 0 Å². The predicted octanol–water partition coefficient (Wildman–Crippen LogP) is 2.38. The summed E-state index contributed by atoms with van der Waals surface area (Å²) in [7, 11) is 0. The number of benzene rings is 1. The van der Waals surface area contributed by atoms with Gasteiger partial charge >= 0.3 is 0 Å². The minimum Gasteiger partial charge on any atom is -0.454 e. The lowest BCUT2D eigenvalue weighted by Gasteiger charge is -2.41. The number of carbonyl (C=O) groups is 2. The number of piperazine rings is 1. The van der Waals surface area contributed by atoms with Crippen LogP contribution in [-0.4, -0.2) is 44.2 Å². The number of fused-ring (bicyclic) bond motifs is 2. The molecule has 1 spiro atoms. The highest BCUT2D eigenvalue weighted by atomic mass is 32.2. The Morgan fingerprint density at radius 3 is 2.61 bits per heavy atom. The molecule has 4 aliphatic heterocycles. The van der Waals surface area contributed by atoms with Gasteiger partial charge < -0.3 is 19.3 Å². The average Bonchev–Trinajstić information content (AvgIpc) is 3.16. The van der Waals surface area contributed by atoms with Gasteiger partial charge in [-0.1, -0.05) is 17.8 Å². The lowest BCUT2D eigenvalue weighted by Crippen LogP contribution is -2.62. The number of ether oxygens (including phenoxy) is 2. The van der Waals surface area contributed by atoms with Gasteiger partial charge in [-0.25, -0.2) is 0 Å². The van der Waals surface area contributed by atoms with Crippen LogP contribution >= 0.6 is 11.8 Å². The fourth-order valence-electron chi connectivity index (χ4n) is 5.44. The SMILES string of the molecule is C[C@]1(C#N)C[C@@]23S[C@@](C)(C(=O)N2[C@H]1c1ccc2c(c1)OCO2)N(C1CC1)C3=O. The minimum atomic E-state index is -0.986. The fraction of sp³-hybridized carbons (Fsp3) is 0.550. The average molecular weight is 397 g/mol. The molecule has 1 aromatic carbocycles. The van der Waals surface area contributed by atoms with E-state index in [2.05, 4.69) is 6.07 Å². The van der Waals surface area contributed by atoms with Gasteiger partial charge in [0.2, 0.25) is 6.79 Å². The molecule has 2 amide bonds. The highest BCUT2D eigenvalue weighted by Crippen LogP contribution is 2.71. The molecular formula is C20H19N3O4S. The lowest BCUT2D eigenvalue weighted by molar-refractivity contribution is -0.161. The second kappa shape index (κ2) is 4.77. The smallest absolute Gasteiger partial charge is 0.261 e. The molecule has 4 atom stereocenters. The zero-order valence-electron chi connectivity index (χ0n) is 15.6. The zero-order chi connectivity index (χ0) is 19.5. The number of hydrogen-bond donors (Lipinski definition) is 0. The van der Waals surface area contributed by atoms with Crippen molar-refractivity contribution < 1.29 is 19.1 Å². The molecule has 4 heterocycles. The molecule has 28 heavy (non-hydrogen) atoms. The summed E-state index contributed by atoms with van der Waals surface area (Å²) in [5, 5.41) is 10.1. The van der Waals surface area contributed by atoms with E-state index in [0.717, 1.165) is 18.4 Å². The van der Waals surface area contributed by atoms with Crippen LogP contribution in [0.15, 0.2) is 18.2 Å². The second-order valence-electron chi connectivity index (χ2n) is 8.67. The van der Waals surface area contributed by atoms with E-state index in [1.807, 2.05) is 32.0 Å². The number of thioether (sulfide) groups is 1. The van der Waals surface area contributed by atoms with Gasteiger partial charge in [-0.05, 0) is 44.4 Å². The number of nitriles is 1. The van der Waals surface area contributed by atoms with Crippen molar-refractivity contribution in [1.82, 2.24) is 9.80 Å². The van der Waals surface area contributed by atoms with Crippen LogP contribution in [0.5, 0.6) is 11.5 Å². The molecule has 5 aliphatic rings. The first kappa shape index (κ1) is 16.5. The third kappa shape index (κ3) is 1.68. The number of carbonyl (C=O) groups excluding carboxylic acids is 2. The maximum Gasteiger partial charge on any atom is 0.261 e. The predicted molar refractivity (Wildman–Crippen MR) is 99.1 cm³/mol. The number of rotatable bonds is 2. The van der Waals surface area contributed by atoms with Gasteiger partial charge in [-0.15, -0.1) is 0 Å². The molecule has 1 aromatic rings. The summed E-state index contributed by atoms with van der Waals surface area (Å²) in [5.41, 5.74) is -0.0616. The summed E-state index contributed by atoms with van der Waals surface area (Å²) in [4.78, 5) is 28.8.